The van der Waals surface area contributed by atoms with E-state index in [2.05, 4.69) is 0 Å². The average Bonchev–Trinajstić information content (AvgIpc) is 3.20. The van der Waals surface area contributed by atoms with Crippen LogP contribution in [0.15, 0.2) is 94.7 Å². The molecule has 0 aromatic heterocycles. The van der Waals surface area contributed by atoms with E-state index in [1.807, 2.05) is 0 Å². The van der Waals surface area contributed by atoms with Gasteiger partial charge in [-0.25, -0.2) is 0 Å². The predicted octanol–water partition coefficient (Wildman–Crippen LogP) is 4.25. The van der Waals surface area contributed by atoms with Crippen LogP contribution >= 0.6 is 0 Å². The van der Waals surface area contributed by atoms with E-state index in [1.165, 1.54) is 48.5 Å². The third-order valence-electron chi connectivity index (χ3n) is 5.79. The first-order valence-electron chi connectivity index (χ1n) is 11.1. The monoisotopic (exact) mass is 582 g/mol. The molecular formula is C25H14N2O11S2. The molecule has 202 valence electrons. The Morgan fingerprint density at radius 3 is 1.25 bits per heavy atom. The minimum absolute atomic E-state index is 0.107. The van der Waals surface area contributed by atoms with Crippen LogP contribution in [0.25, 0.3) is 11.1 Å². The molecule has 0 bridgehead atoms. The molecule has 0 saturated carbocycles. The number of fused-ring (bicyclic) bond motifs is 3. The van der Waals surface area contributed by atoms with Crippen LogP contribution in [-0.2, 0) is 20.2 Å². The summed E-state index contributed by atoms with van der Waals surface area (Å²) in [5, 5.41) is 24.0. The van der Waals surface area contributed by atoms with Crippen molar-refractivity contribution in [3.8, 4) is 22.6 Å². The van der Waals surface area contributed by atoms with Crippen molar-refractivity contribution in [1.29, 1.82) is 0 Å². The largest absolute Gasteiger partial charge is 0.379 e. The third-order valence-corrected chi connectivity index (χ3v) is 8.24. The van der Waals surface area contributed by atoms with Crippen molar-refractivity contribution in [2.24, 2.45) is 0 Å². The molecule has 5 rings (SSSR count). The van der Waals surface area contributed by atoms with Gasteiger partial charge in [-0.2, -0.15) is 16.8 Å². The molecule has 0 amide bonds. The zero-order valence-corrected chi connectivity index (χ0v) is 21.4. The lowest BCUT2D eigenvalue weighted by Gasteiger charge is -2.10. The molecule has 4 aromatic rings. The van der Waals surface area contributed by atoms with Crippen molar-refractivity contribution in [2.45, 2.75) is 9.79 Å². The molecule has 0 aliphatic heterocycles. The molecule has 0 radical (unpaired) electrons. The van der Waals surface area contributed by atoms with Crippen LogP contribution in [0, 0.1) is 20.2 Å². The minimum Gasteiger partial charge on any atom is -0.379 e. The summed E-state index contributed by atoms with van der Waals surface area (Å²) in [5.74, 6) is -1.28. The number of carbonyl (C=O) groups is 1. The fraction of sp³-hybridized carbons (Fsp3) is 0. The molecule has 0 heterocycles. The van der Waals surface area contributed by atoms with Crippen LogP contribution in [0.3, 0.4) is 0 Å². The van der Waals surface area contributed by atoms with Crippen LogP contribution in [0.4, 0.5) is 11.4 Å². The van der Waals surface area contributed by atoms with Gasteiger partial charge in [0.15, 0.2) is 5.78 Å². The lowest BCUT2D eigenvalue weighted by molar-refractivity contribution is -0.386. The van der Waals surface area contributed by atoms with Gasteiger partial charge in [-0.3, -0.25) is 25.0 Å². The fourth-order valence-corrected chi connectivity index (χ4v) is 6.07. The maximum Gasteiger partial charge on any atom is 0.339 e. The number of nitrogens with zero attached hydrogens (tertiary/aromatic N) is 2. The van der Waals surface area contributed by atoms with Crippen molar-refractivity contribution in [2.75, 3.05) is 0 Å². The second kappa shape index (κ2) is 9.55. The normalized spacial score (nSPS) is 12.3. The highest BCUT2D eigenvalue weighted by molar-refractivity contribution is 7.87. The summed E-state index contributed by atoms with van der Waals surface area (Å²) in [6.45, 7) is 0. The lowest BCUT2D eigenvalue weighted by Crippen LogP contribution is -2.12. The smallest absolute Gasteiger partial charge is 0.339 e. The Labute approximate surface area is 225 Å². The van der Waals surface area contributed by atoms with Gasteiger partial charge in [-0.05, 0) is 36.4 Å². The topological polar surface area (TPSA) is 190 Å². The van der Waals surface area contributed by atoms with Crippen LogP contribution < -0.4 is 8.37 Å². The van der Waals surface area contributed by atoms with Crippen LogP contribution in [0.5, 0.6) is 11.5 Å². The number of para-hydroxylation sites is 2. The maximum atomic E-state index is 13.4. The Hall–Kier alpha value is -5.15. The highest BCUT2D eigenvalue weighted by Crippen LogP contribution is 2.49. The number of hydrogen-bond donors (Lipinski definition) is 0. The molecule has 0 N–H and O–H groups in total. The highest BCUT2D eigenvalue weighted by Gasteiger charge is 2.42. The van der Waals surface area contributed by atoms with Crippen molar-refractivity contribution < 1.29 is 39.8 Å². The number of hydrogen-bond acceptors (Lipinski definition) is 11. The SMILES string of the molecule is O=C1c2cc(S(=O)(=O)Oc3ccccc3)cc([N+](=O)[O-])c2-c2c1cc(S(=O)(=O)Oc1ccccc1)cc2[N+](=O)[O-]. The molecule has 4 aromatic carbocycles. The quantitative estimate of drug-likeness (QED) is 0.144. The zero-order valence-electron chi connectivity index (χ0n) is 19.8. The van der Waals surface area contributed by atoms with Crippen LogP contribution in [-0.4, -0.2) is 32.5 Å². The van der Waals surface area contributed by atoms with Crippen LogP contribution in [0.1, 0.15) is 15.9 Å². The predicted molar refractivity (Wildman–Crippen MR) is 137 cm³/mol. The first kappa shape index (κ1) is 26.5. The van der Waals surface area contributed by atoms with Gasteiger partial charge in [0.1, 0.15) is 21.3 Å². The Bertz CT molecular complexity index is 1800. The summed E-state index contributed by atoms with van der Waals surface area (Å²) in [6, 6.07) is 17.3. The molecule has 15 heteroatoms. The molecule has 13 nitrogen and oxygen atoms in total. The number of ketones is 1. The number of rotatable bonds is 8. The average molecular weight is 583 g/mol. The summed E-state index contributed by atoms with van der Waals surface area (Å²) < 4.78 is 61.7. The summed E-state index contributed by atoms with van der Waals surface area (Å²) in [5.41, 5.74) is -4.02. The number of nitro benzene ring substituents is 2. The summed E-state index contributed by atoms with van der Waals surface area (Å²) in [6.07, 6.45) is 0. The van der Waals surface area contributed by atoms with Crippen molar-refractivity contribution in [1.82, 2.24) is 0 Å². The van der Waals surface area contributed by atoms with Crippen molar-refractivity contribution in [3.63, 3.8) is 0 Å². The molecule has 0 spiro atoms. The van der Waals surface area contributed by atoms with E-state index >= 15 is 0 Å². The number of benzene rings is 4. The molecule has 0 atom stereocenters. The Morgan fingerprint density at radius 1 is 0.575 bits per heavy atom. The number of carbonyl (C=O) groups excluding carboxylic acids is 1. The maximum absolute atomic E-state index is 13.4. The van der Waals surface area contributed by atoms with E-state index in [0.29, 0.717) is 12.1 Å². The third kappa shape index (κ3) is 4.63. The molecule has 1 aliphatic carbocycles. The fourth-order valence-electron chi connectivity index (χ4n) is 4.11. The van der Waals surface area contributed by atoms with Crippen molar-refractivity contribution in [3.05, 3.63) is 116 Å². The van der Waals surface area contributed by atoms with E-state index < -0.39 is 79.3 Å². The minimum atomic E-state index is -4.70. The molecule has 0 fully saturated rings. The summed E-state index contributed by atoms with van der Waals surface area (Å²) >= 11 is 0. The Kier molecular flexibility index (Phi) is 6.32. The highest BCUT2D eigenvalue weighted by atomic mass is 32.2. The molecule has 1 aliphatic rings. The van der Waals surface area contributed by atoms with Gasteiger partial charge in [0.05, 0.1) is 21.0 Å². The van der Waals surface area contributed by atoms with E-state index in [4.69, 9.17) is 8.37 Å². The number of nitro groups is 2. The van der Waals surface area contributed by atoms with E-state index in [9.17, 15) is 41.9 Å². The van der Waals surface area contributed by atoms with Gasteiger partial charge in [-0.15, -0.1) is 0 Å². The zero-order chi connectivity index (χ0) is 28.8. The van der Waals surface area contributed by atoms with Gasteiger partial charge >= 0.3 is 20.2 Å². The lowest BCUT2D eigenvalue weighted by atomic mass is 10.0. The summed E-state index contributed by atoms with van der Waals surface area (Å²) in [7, 11) is -9.40. The second-order valence-corrected chi connectivity index (χ2v) is 11.4. The van der Waals surface area contributed by atoms with Gasteiger partial charge in [0.25, 0.3) is 11.4 Å². The van der Waals surface area contributed by atoms with Gasteiger partial charge in [0.2, 0.25) is 0 Å². The Morgan fingerprint density at radius 2 is 0.925 bits per heavy atom. The van der Waals surface area contributed by atoms with Gasteiger partial charge in [-0.1, -0.05) is 36.4 Å². The first-order valence-corrected chi connectivity index (χ1v) is 13.9. The second-order valence-electron chi connectivity index (χ2n) is 8.27. The molecule has 40 heavy (non-hydrogen) atoms. The van der Waals surface area contributed by atoms with E-state index in [-0.39, 0.29) is 11.5 Å². The van der Waals surface area contributed by atoms with Crippen LogP contribution in [0.2, 0.25) is 0 Å². The van der Waals surface area contributed by atoms with Gasteiger partial charge < -0.3 is 8.37 Å². The molecule has 0 saturated heterocycles. The van der Waals surface area contributed by atoms with E-state index in [1.54, 1.807) is 12.1 Å². The van der Waals surface area contributed by atoms with E-state index in [0.717, 1.165) is 12.1 Å². The molecule has 0 unspecified atom stereocenters. The molecular weight excluding hydrogens is 568 g/mol. The first-order chi connectivity index (χ1) is 18.9. The van der Waals surface area contributed by atoms with Crippen molar-refractivity contribution >= 4 is 37.4 Å². The standard InChI is InChI=1S/C25H14N2O11S2/c28-25-19-11-17(39(33,34)37-15-7-3-1-4-8-15)13-21(26(29)30)23(19)24-20(25)12-18(14-22(24)27(31)32)40(35,36)38-16-9-5-2-6-10-16/h1-14H. The summed E-state index contributed by atoms with van der Waals surface area (Å²) in [4.78, 5) is 33.9. The van der Waals surface area contributed by atoms with Gasteiger partial charge in [0, 0.05) is 23.3 Å². The Balaban J connectivity index is 1.69.